The van der Waals surface area contributed by atoms with Crippen LogP contribution in [0.1, 0.15) is 33.6 Å². The van der Waals surface area contributed by atoms with Gasteiger partial charge in [-0.1, -0.05) is 18.6 Å². The third kappa shape index (κ3) is 5.93. The molecule has 0 saturated heterocycles. The lowest BCUT2D eigenvalue weighted by molar-refractivity contribution is 0.263. The lowest BCUT2D eigenvalue weighted by Crippen LogP contribution is -2.36. The summed E-state index contributed by atoms with van der Waals surface area (Å²) in [4.78, 5) is 4.34. The van der Waals surface area contributed by atoms with Crippen LogP contribution in [-0.2, 0) is 0 Å². The SMILES string of the molecule is C=CCCCN(CC)C(=C)C#CC(C)(C)N(C)C. The minimum absolute atomic E-state index is 0.122. The molecule has 0 saturated carbocycles. The van der Waals surface area contributed by atoms with Gasteiger partial charge in [-0.3, -0.25) is 4.90 Å². The Balaban J connectivity index is 4.53. The van der Waals surface area contributed by atoms with E-state index in [1.54, 1.807) is 0 Å². The van der Waals surface area contributed by atoms with E-state index in [0.29, 0.717) is 0 Å². The van der Waals surface area contributed by atoms with Crippen molar-refractivity contribution < 1.29 is 0 Å². The maximum Gasteiger partial charge on any atom is 0.0807 e. The fourth-order valence-corrected chi connectivity index (χ4v) is 1.33. The molecule has 18 heavy (non-hydrogen) atoms. The molecule has 0 amide bonds. The highest BCUT2D eigenvalue weighted by Gasteiger charge is 2.16. The molecule has 0 aromatic carbocycles. The van der Waals surface area contributed by atoms with Crippen molar-refractivity contribution in [3.05, 3.63) is 24.9 Å². The van der Waals surface area contributed by atoms with E-state index >= 15 is 0 Å². The predicted octanol–water partition coefficient (Wildman–Crippen LogP) is 3.13. The van der Waals surface area contributed by atoms with Gasteiger partial charge >= 0.3 is 0 Å². The van der Waals surface area contributed by atoms with Crippen molar-refractivity contribution in [1.82, 2.24) is 9.80 Å². The van der Waals surface area contributed by atoms with Gasteiger partial charge < -0.3 is 4.90 Å². The summed E-state index contributed by atoms with van der Waals surface area (Å²) in [5, 5.41) is 0. The maximum atomic E-state index is 4.07. The Morgan fingerprint density at radius 1 is 1.33 bits per heavy atom. The summed E-state index contributed by atoms with van der Waals surface area (Å²) in [5.74, 6) is 6.47. The summed E-state index contributed by atoms with van der Waals surface area (Å²) in [6, 6.07) is 0. The van der Waals surface area contributed by atoms with E-state index in [-0.39, 0.29) is 5.54 Å². The van der Waals surface area contributed by atoms with Gasteiger partial charge in [-0.2, -0.15) is 0 Å². The maximum absolute atomic E-state index is 4.07. The van der Waals surface area contributed by atoms with Crippen molar-refractivity contribution in [3.63, 3.8) is 0 Å². The van der Waals surface area contributed by atoms with Gasteiger partial charge in [0.05, 0.1) is 11.2 Å². The van der Waals surface area contributed by atoms with Crippen molar-refractivity contribution in [2.75, 3.05) is 27.2 Å². The summed E-state index contributed by atoms with van der Waals surface area (Å²) < 4.78 is 0. The highest BCUT2D eigenvalue weighted by molar-refractivity contribution is 5.29. The average molecular weight is 248 g/mol. The van der Waals surface area contributed by atoms with Gasteiger partial charge in [-0.15, -0.1) is 6.58 Å². The Kier molecular flexibility index (Phi) is 7.47. The average Bonchev–Trinajstić information content (AvgIpc) is 2.31. The first kappa shape index (κ1) is 16.8. The van der Waals surface area contributed by atoms with Gasteiger partial charge in [-0.25, -0.2) is 0 Å². The second-order valence-electron chi connectivity index (χ2n) is 5.16. The highest BCUT2D eigenvalue weighted by Crippen LogP contribution is 2.09. The van der Waals surface area contributed by atoms with E-state index in [1.807, 2.05) is 20.2 Å². The molecule has 2 heteroatoms. The van der Waals surface area contributed by atoms with Crippen LogP contribution in [0, 0.1) is 11.8 Å². The summed E-state index contributed by atoms with van der Waals surface area (Å²) in [6.45, 7) is 16.1. The van der Waals surface area contributed by atoms with Crippen LogP contribution in [0.2, 0.25) is 0 Å². The molecule has 0 spiro atoms. The van der Waals surface area contributed by atoms with Crippen LogP contribution in [0.15, 0.2) is 24.9 Å². The number of unbranched alkanes of at least 4 members (excludes halogenated alkanes) is 1. The predicted molar refractivity (Wildman–Crippen MR) is 81.4 cm³/mol. The zero-order chi connectivity index (χ0) is 14.2. The number of hydrogen-bond acceptors (Lipinski definition) is 2. The molecule has 0 aromatic rings. The Hall–Kier alpha value is -1.20. The summed E-state index contributed by atoms with van der Waals surface area (Å²) in [6.07, 6.45) is 4.10. The second-order valence-corrected chi connectivity index (χ2v) is 5.16. The molecule has 0 N–H and O–H groups in total. The Morgan fingerprint density at radius 3 is 2.39 bits per heavy atom. The van der Waals surface area contributed by atoms with Crippen LogP contribution in [-0.4, -0.2) is 42.5 Å². The van der Waals surface area contributed by atoms with Gasteiger partial charge in [0.25, 0.3) is 0 Å². The molecular weight excluding hydrogens is 220 g/mol. The minimum Gasteiger partial charge on any atom is -0.366 e. The fraction of sp³-hybridized carbons (Fsp3) is 0.625. The van der Waals surface area contributed by atoms with Gasteiger partial charge in [0.2, 0.25) is 0 Å². The molecule has 0 radical (unpaired) electrons. The van der Waals surface area contributed by atoms with Crippen LogP contribution in [0.25, 0.3) is 0 Å². The second kappa shape index (κ2) is 8.00. The first-order valence-corrected chi connectivity index (χ1v) is 6.60. The van der Waals surface area contributed by atoms with E-state index in [0.717, 1.165) is 31.6 Å². The van der Waals surface area contributed by atoms with Crippen molar-refractivity contribution in [2.45, 2.75) is 39.2 Å². The molecular formula is C16H28N2. The molecule has 0 aromatic heterocycles. The number of rotatable bonds is 7. The van der Waals surface area contributed by atoms with E-state index in [4.69, 9.17) is 0 Å². The van der Waals surface area contributed by atoms with E-state index < -0.39 is 0 Å². The van der Waals surface area contributed by atoms with Crippen molar-refractivity contribution >= 4 is 0 Å². The number of allylic oxidation sites excluding steroid dienone is 2. The lowest BCUT2D eigenvalue weighted by Gasteiger charge is -2.27. The van der Waals surface area contributed by atoms with E-state index in [9.17, 15) is 0 Å². The van der Waals surface area contributed by atoms with Gasteiger partial charge in [0.15, 0.2) is 0 Å². The van der Waals surface area contributed by atoms with Crippen LogP contribution in [0.3, 0.4) is 0 Å². The summed E-state index contributed by atoms with van der Waals surface area (Å²) in [5.41, 5.74) is 0.792. The van der Waals surface area contributed by atoms with Crippen LogP contribution in [0.4, 0.5) is 0 Å². The van der Waals surface area contributed by atoms with Gasteiger partial charge in [-0.05, 0) is 53.6 Å². The quantitative estimate of drug-likeness (QED) is 0.388. The number of hydrogen-bond donors (Lipinski definition) is 0. The molecule has 102 valence electrons. The molecule has 0 atom stereocenters. The van der Waals surface area contributed by atoms with Crippen molar-refractivity contribution in [1.29, 1.82) is 0 Å². The fourth-order valence-electron chi connectivity index (χ4n) is 1.33. The van der Waals surface area contributed by atoms with Crippen molar-refractivity contribution in [2.24, 2.45) is 0 Å². The molecule has 0 aliphatic heterocycles. The minimum atomic E-state index is -0.122. The standard InChI is InChI=1S/C16H28N2/c1-8-10-11-14-18(9-2)15(3)12-13-16(4,5)17(6)7/h8H,1,3,9-11,14H2,2,4-7H3. The largest absolute Gasteiger partial charge is 0.366 e. The molecule has 0 rings (SSSR count). The Labute approximate surface area is 113 Å². The zero-order valence-electron chi connectivity index (χ0n) is 12.7. The van der Waals surface area contributed by atoms with Crippen LogP contribution < -0.4 is 0 Å². The Bertz CT molecular complexity index is 329. The Morgan fingerprint density at radius 2 is 1.94 bits per heavy atom. The molecule has 0 aliphatic carbocycles. The normalized spacial score (nSPS) is 10.8. The molecule has 2 nitrogen and oxygen atoms in total. The molecule has 0 bridgehead atoms. The summed E-state index contributed by atoms with van der Waals surface area (Å²) in [7, 11) is 4.08. The van der Waals surface area contributed by atoms with Crippen LogP contribution in [0.5, 0.6) is 0 Å². The third-order valence-corrected chi connectivity index (χ3v) is 3.23. The first-order chi connectivity index (χ1) is 8.35. The lowest BCUT2D eigenvalue weighted by atomic mass is 10.1. The smallest absolute Gasteiger partial charge is 0.0807 e. The van der Waals surface area contributed by atoms with Crippen molar-refractivity contribution in [3.8, 4) is 11.8 Å². The summed E-state index contributed by atoms with van der Waals surface area (Å²) >= 11 is 0. The zero-order valence-corrected chi connectivity index (χ0v) is 12.7. The molecule has 0 unspecified atom stereocenters. The van der Waals surface area contributed by atoms with Gasteiger partial charge in [0.1, 0.15) is 0 Å². The van der Waals surface area contributed by atoms with E-state index in [2.05, 4.69) is 55.6 Å². The third-order valence-electron chi connectivity index (χ3n) is 3.23. The first-order valence-electron chi connectivity index (χ1n) is 6.60. The molecule has 0 fully saturated rings. The molecule has 0 aliphatic rings. The topological polar surface area (TPSA) is 6.48 Å². The number of nitrogens with zero attached hydrogens (tertiary/aromatic N) is 2. The molecule has 0 heterocycles. The van der Waals surface area contributed by atoms with E-state index in [1.165, 1.54) is 0 Å². The van der Waals surface area contributed by atoms with Crippen LogP contribution >= 0.6 is 0 Å². The highest BCUT2D eigenvalue weighted by atomic mass is 15.1. The monoisotopic (exact) mass is 248 g/mol. The van der Waals surface area contributed by atoms with Gasteiger partial charge in [0, 0.05) is 13.1 Å².